The van der Waals surface area contributed by atoms with Gasteiger partial charge in [-0.2, -0.15) is 0 Å². The Hall–Kier alpha value is -0.480. The van der Waals surface area contributed by atoms with Gasteiger partial charge < -0.3 is 5.32 Å². The first kappa shape index (κ1) is 13.0. The van der Waals surface area contributed by atoms with Gasteiger partial charge in [0, 0.05) is 12.5 Å². The summed E-state index contributed by atoms with van der Waals surface area (Å²) in [6.07, 6.45) is 9.35. The molecule has 0 spiro atoms. The average Bonchev–Trinajstić information content (AvgIpc) is 2.64. The molecule has 2 rings (SSSR count). The molecule has 0 amide bonds. The van der Waals surface area contributed by atoms with Gasteiger partial charge in [0.1, 0.15) is 10.0 Å². The van der Waals surface area contributed by atoms with Crippen LogP contribution in [-0.4, -0.2) is 16.7 Å². The van der Waals surface area contributed by atoms with Crippen molar-refractivity contribution in [1.29, 1.82) is 0 Å². The molecule has 1 heterocycles. The van der Waals surface area contributed by atoms with Crippen molar-refractivity contribution < 1.29 is 0 Å². The molecule has 1 saturated carbocycles. The van der Waals surface area contributed by atoms with Crippen LogP contribution in [0.25, 0.3) is 0 Å². The van der Waals surface area contributed by atoms with Gasteiger partial charge in [-0.1, -0.05) is 43.9 Å². The van der Waals surface area contributed by atoms with Crippen molar-refractivity contribution in [3.05, 3.63) is 10.0 Å². The summed E-state index contributed by atoms with van der Waals surface area (Å²) in [6, 6.07) is 0. The van der Waals surface area contributed by atoms with Crippen molar-refractivity contribution >= 4 is 11.3 Å². The summed E-state index contributed by atoms with van der Waals surface area (Å²) < 4.78 is 0. The molecule has 17 heavy (non-hydrogen) atoms. The third-order valence-corrected chi connectivity index (χ3v) is 4.48. The van der Waals surface area contributed by atoms with Gasteiger partial charge in [0.25, 0.3) is 0 Å². The van der Waals surface area contributed by atoms with Crippen LogP contribution in [-0.2, 0) is 6.54 Å². The topological polar surface area (TPSA) is 37.8 Å². The molecular formula is C13H23N3S. The first-order valence-corrected chi connectivity index (χ1v) is 7.74. The van der Waals surface area contributed by atoms with Crippen LogP contribution in [0, 0.1) is 0 Å². The Balaban J connectivity index is 1.87. The second-order valence-corrected chi connectivity index (χ2v) is 5.99. The van der Waals surface area contributed by atoms with Gasteiger partial charge in [0.2, 0.25) is 0 Å². The zero-order valence-corrected chi connectivity index (χ0v) is 11.6. The molecule has 0 aliphatic heterocycles. The summed E-state index contributed by atoms with van der Waals surface area (Å²) >= 11 is 1.81. The number of hydrogen-bond donors (Lipinski definition) is 1. The van der Waals surface area contributed by atoms with E-state index in [0.717, 1.165) is 18.1 Å². The molecule has 1 N–H and O–H groups in total. The maximum Gasteiger partial charge on any atom is 0.131 e. The van der Waals surface area contributed by atoms with E-state index >= 15 is 0 Å². The summed E-state index contributed by atoms with van der Waals surface area (Å²) in [7, 11) is 0. The molecule has 1 aromatic heterocycles. The zero-order valence-electron chi connectivity index (χ0n) is 10.7. The maximum absolute atomic E-state index is 4.39. The molecule has 0 unspecified atom stereocenters. The maximum atomic E-state index is 4.39. The van der Waals surface area contributed by atoms with Crippen LogP contribution in [0.3, 0.4) is 0 Å². The SMILES string of the molecule is CCCNCc1nnc(C2CCCCCC2)s1. The minimum atomic E-state index is 0.690. The molecule has 1 aliphatic rings. The van der Waals surface area contributed by atoms with E-state index in [9.17, 15) is 0 Å². The zero-order chi connectivity index (χ0) is 11.9. The van der Waals surface area contributed by atoms with Crippen LogP contribution < -0.4 is 5.32 Å². The first-order valence-electron chi connectivity index (χ1n) is 6.93. The predicted molar refractivity (Wildman–Crippen MR) is 72.3 cm³/mol. The minimum Gasteiger partial charge on any atom is -0.310 e. The molecule has 3 nitrogen and oxygen atoms in total. The molecular weight excluding hydrogens is 230 g/mol. The average molecular weight is 253 g/mol. The molecule has 0 saturated heterocycles. The van der Waals surface area contributed by atoms with Gasteiger partial charge in [0.05, 0.1) is 0 Å². The van der Waals surface area contributed by atoms with Gasteiger partial charge in [-0.15, -0.1) is 10.2 Å². The van der Waals surface area contributed by atoms with E-state index < -0.39 is 0 Å². The Morgan fingerprint density at radius 2 is 1.94 bits per heavy atom. The van der Waals surface area contributed by atoms with Crippen LogP contribution in [0.4, 0.5) is 0 Å². The van der Waals surface area contributed by atoms with Crippen molar-refractivity contribution in [1.82, 2.24) is 15.5 Å². The van der Waals surface area contributed by atoms with Crippen LogP contribution in [0.1, 0.15) is 67.8 Å². The van der Waals surface area contributed by atoms with E-state index in [4.69, 9.17) is 0 Å². The van der Waals surface area contributed by atoms with Crippen LogP contribution in [0.15, 0.2) is 0 Å². The summed E-state index contributed by atoms with van der Waals surface area (Å²) in [5, 5.41) is 14.5. The van der Waals surface area contributed by atoms with Gasteiger partial charge >= 0.3 is 0 Å². The predicted octanol–water partition coefficient (Wildman–Crippen LogP) is 3.48. The highest BCUT2D eigenvalue weighted by molar-refractivity contribution is 7.11. The Bertz CT molecular complexity index is 316. The van der Waals surface area contributed by atoms with E-state index in [1.54, 1.807) is 0 Å². The van der Waals surface area contributed by atoms with Gasteiger partial charge in [-0.3, -0.25) is 0 Å². The largest absolute Gasteiger partial charge is 0.310 e. The molecule has 4 heteroatoms. The van der Waals surface area contributed by atoms with E-state index in [1.165, 1.54) is 50.0 Å². The van der Waals surface area contributed by atoms with E-state index in [1.807, 2.05) is 11.3 Å². The van der Waals surface area contributed by atoms with Crippen molar-refractivity contribution in [2.45, 2.75) is 64.3 Å². The summed E-state index contributed by atoms with van der Waals surface area (Å²) in [6.45, 7) is 4.14. The second kappa shape index (κ2) is 7.07. The number of aromatic nitrogens is 2. The van der Waals surface area contributed by atoms with E-state index in [0.29, 0.717) is 5.92 Å². The normalized spacial score (nSPS) is 18.2. The highest BCUT2D eigenvalue weighted by atomic mass is 32.1. The van der Waals surface area contributed by atoms with E-state index in [2.05, 4.69) is 22.4 Å². The number of hydrogen-bond acceptors (Lipinski definition) is 4. The number of rotatable bonds is 5. The Morgan fingerprint density at radius 1 is 1.18 bits per heavy atom. The van der Waals surface area contributed by atoms with Crippen molar-refractivity contribution in [2.75, 3.05) is 6.54 Å². The summed E-state index contributed by atoms with van der Waals surface area (Å²) in [5.74, 6) is 0.690. The molecule has 0 aromatic carbocycles. The summed E-state index contributed by atoms with van der Waals surface area (Å²) in [5.41, 5.74) is 0. The Morgan fingerprint density at radius 3 is 2.65 bits per heavy atom. The van der Waals surface area contributed by atoms with Crippen LogP contribution in [0.2, 0.25) is 0 Å². The number of nitrogens with one attached hydrogen (secondary N) is 1. The van der Waals surface area contributed by atoms with Gasteiger partial charge in [-0.25, -0.2) is 0 Å². The standard InChI is InChI=1S/C13H23N3S/c1-2-9-14-10-12-15-16-13(17-12)11-7-5-3-4-6-8-11/h11,14H,2-10H2,1H3. The second-order valence-electron chi connectivity index (χ2n) is 4.90. The van der Waals surface area contributed by atoms with Crippen molar-refractivity contribution in [3.63, 3.8) is 0 Å². The number of nitrogens with zero attached hydrogens (tertiary/aromatic N) is 2. The fourth-order valence-electron chi connectivity index (χ4n) is 2.40. The monoisotopic (exact) mass is 253 g/mol. The smallest absolute Gasteiger partial charge is 0.131 e. The lowest BCUT2D eigenvalue weighted by Gasteiger charge is -2.08. The van der Waals surface area contributed by atoms with Gasteiger partial charge in [-0.05, 0) is 25.8 Å². The fraction of sp³-hybridized carbons (Fsp3) is 0.846. The van der Waals surface area contributed by atoms with Crippen molar-refractivity contribution in [2.24, 2.45) is 0 Å². The van der Waals surface area contributed by atoms with E-state index in [-0.39, 0.29) is 0 Å². The third kappa shape index (κ3) is 4.03. The lowest BCUT2D eigenvalue weighted by molar-refractivity contribution is 0.583. The van der Waals surface area contributed by atoms with Crippen LogP contribution >= 0.6 is 11.3 Å². The Kier molecular flexibility index (Phi) is 5.39. The molecule has 1 aliphatic carbocycles. The third-order valence-electron chi connectivity index (χ3n) is 3.39. The molecule has 1 fully saturated rings. The van der Waals surface area contributed by atoms with Gasteiger partial charge in [0.15, 0.2) is 0 Å². The molecule has 0 radical (unpaired) electrons. The highest BCUT2D eigenvalue weighted by Gasteiger charge is 2.18. The molecule has 0 bridgehead atoms. The lowest BCUT2D eigenvalue weighted by Crippen LogP contribution is -2.13. The molecule has 1 aromatic rings. The fourth-order valence-corrected chi connectivity index (χ4v) is 3.38. The first-order chi connectivity index (χ1) is 8.40. The quantitative estimate of drug-likeness (QED) is 0.645. The van der Waals surface area contributed by atoms with Crippen LogP contribution in [0.5, 0.6) is 0 Å². The molecule has 96 valence electrons. The minimum absolute atomic E-state index is 0.690. The summed E-state index contributed by atoms with van der Waals surface area (Å²) in [4.78, 5) is 0. The molecule has 0 atom stereocenters. The van der Waals surface area contributed by atoms with Crippen molar-refractivity contribution in [3.8, 4) is 0 Å². The Labute approximate surface area is 108 Å². The lowest BCUT2D eigenvalue weighted by atomic mass is 10.0. The highest BCUT2D eigenvalue weighted by Crippen LogP contribution is 2.32.